The van der Waals surface area contributed by atoms with E-state index < -0.39 is 0 Å². The smallest absolute Gasteiger partial charge is 0.195 e. The van der Waals surface area contributed by atoms with Gasteiger partial charge in [0.1, 0.15) is 0 Å². The minimum atomic E-state index is 0.977. The van der Waals surface area contributed by atoms with Gasteiger partial charge in [-0.15, -0.1) is 0 Å². The van der Waals surface area contributed by atoms with Crippen LogP contribution in [0.5, 0.6) is 0 Å². The Morgan fingerprint density at radius 2 is 0.741 bits per heavy atom. The molecule has 13 aromatic rings. The minimum Gasteiger partial charge on any atom is -0.283 e. The molecule has 0 unspecified atom stereocenters. The van der Waals surface area contributed by atoms with Gasteiger partial charge in [0.25, 0.3) is 0 Å². The molecule has 13 rings (SSSR count). The molecule has 0 N–H and O–H groups in total. The number of nitrogens with zero attached hydrogens (tertiary/aromatic N) is 3. The van der Waals surface area contributed by atoms with Crippen molar-refractivity contribution in [1.82, 2.24) is 14.4 Å². The maximum Gasteiger partial charge on any atom is 0.195 e. The molecule has 3 heterocycles. The Morgan fingerprint density at radius 3 is 1.22 bits per heavy atom. The molecule has 3 aromatic heterocycles. The summed E-state index contributed by atoms with van der Waals surface area (Å²) in [5.74, 6) is 0. The molecule has 0 fully saturated rings. The zero-order valence-electron chi connectivity index (χ0n) is 31.1. The zero-order chi connectivity index (χ0) is 37.9. The van der Waals surface area contributed by atoms with Crippen LogP contribution < -0.4 is 0 Å². The van der Waals surface area contributed by atoms with Gasteiger partial charge >= 0.3 is 0 Å². The third-order valence-corrected chi connectivity index (χ3v) is 13.3. The molecule has 0 bridgehead atoms. The van der Waals surface area contributed by atoms with E-state index in [-0.39, 0.29) is 0 Å². The summed E-state index contributed by atoms with van der Waals surface area (Å²) in [7, 11) is 0. The van der Waals surface area contributed by atoms with Gasteiger partial charge in [0.15, 0.2) is 4.96 Å². The van der Waals surface area contributed by atoms with Crippen molar-refractivity contribution in [1.29, 1.82) is 0 Å². The number of hydrogen-bond acceptors (Lipinski definition) is 3. The Kier molecular flexibility index (Phi) is 6.60. The second-order valence-electron chi connectivity index (χ2n) is 15.3. The summed E-state index contributed by atoms with van der Waals surface area (Å²) in [6, 6.07) is 67.0. The van der Waals surface area contributed by atoms with E-state index in [1.165, 1.54) is 86.2 Å². The van der Waals surface area contributed by atoms with E-state index >= 15 is 0 Å². The molecule has 0 saturated heterocycles. The van der Waals surface area contributed by atoms with Crippen LogP contribution in [0.25, 0.3) is 124 Å². The first-order valence-electron chi connectivity index (χ1n) is 19.7. The van der Waals surface area contributed by atoms with Crippen molar-refractivity contribution in [2.45, 2.75) is 0 Å². The summed E-state index contributed by atoms with van der Waals surface area (Å²) in [6.07, 6.45) is 1.94. The summed E-state index contributed by atoms with van der Waals surface area (Å²) in [5.41, 5.74) is 5.33. The van der Waals surface area contributed by atoms with Gasteiger partial charge in [0, 0.05) is 11.8 Å². The van der Waals surface area contributed by atoms with Crippen LogP contribution in [0.1, 0.15) is 0 Å². The van der Waals surface area contributed by atoms with Crippen LogP contribution in [0.2, 0.25) is 0 Å². The van der Waals surface area contributed by atoms with E-state index in [1.807, 2.05) is 6.20 Å². The van der Waals surface area contributed by atoms with Gasteiger partial charge in [-0.1, -0.05) is 157 Å². The molecular formula is C54H31N3S. The maximum absolute atomic E-state index is 5.05. The van der Waals surface area contributed by atoms with Crippen LogP contribution in [0.4, 0.5) is 0 Å². The second-order valence-corrected chi connectivity index (χ2v) is 16.2. The third kappa shape index (κ3) is 4.43. The fourth-order valence-electron chi connectivity index (χ4n) is 9.72. The summed E-state index contributed by atoms with van der Waals surface area (Å²) in [4.78, 5) is 11.0. The van der Waals surface area contributed by atoms with Crippen LogP contribution >= 0.6 is 11.3 Å². The monoisotopic (exact) mass is 753 g/mol. The average molecular weight is 754 g/mol. The fourth-order valence-corrected chi connectivity index (χ4v) is 10.9. The highest BCUT2D eigenvalue weighted by molar-refractivity contribution is 7.24. The predicted molar refractivity (Wildman–Crippen MR) is 249 cm³/mol. The van der Waals surface area contributed by atoms with Crippen molar-refractivity contribution < 1.29 is 0 Å². The van der Waals surface area contributed by atoms with Crippen molar-refractivity contribution in [3.8, 4) is 11.3 Å². The lowest BCUT2D eigenvalue weighted by atomic mass is 9.89. The highest BCUT2D eigenvalue weighted by Crippen LogP contribution is 2.43. The summed E-state index contributed by atoms with van der Waals surface area (Å²) in [5, 5.41) is 19.7. The SMILES string of the molecule is c1ccc2c(c1)nc1sc3c(-c4ccc5c6ccccc6c6cc7c8ccccc8c8ccccc8c8ccccc8c7cc6c6ccccc6c5c4)nccc3n12. The van der Waals surface area contributed by atoms with E-state index in [9.17, 15) is 0 Å². The number of fused-ring (bicyclic) bond motifs is 21. The van der Waals surface area contributed by atoms with E-state index in [0.29, 0.717) is 0 Å². The Balaban J connectivity index is 1.21. The molecule has 10 aromatic carbocycles. The minimum absolute atomic E-state index is 0.977. The molecule has 0 aliphatic carbocycles. The molecule has 0 saturated carbocycles. The second kappa shape index (κ2) is 12.1. The number of benzene rings is 8. The van der Waals surface area contributed by atoms with Gasteiger partial charge in [-0.05, 0) is 123 Å². The molecule has 0 aliphatic rings. The van der Waals surface area contributed by atoms with Gasteiger partial charge in [-0.3, -0.25) is 9.38 Å². The summed E-state index contributed by atoms with van der Waals surface area (Å²) in [6.45, 7) is 0. The quantitative estimate of drug-likeness (QED) is 0.167. The molecule has 58 heavy (non-hydrogen) atoms. The molecule has 0 atom stereocenters. The summed E-state index contributed by atoms with van der Waals surface area (Å²) < 4.78 is 3.41. The van der Waals surface area contributed by atoms with Gasteiger partial charge in [-0.2, -0.15) is 0 Å². The predicted octanol–water partition coefficient (Wildman–Crippen LogP) is 15.1. The number of para-hydroxylation sites is 2. The van der Waals surface area contributed by atoms with Crippen LogP contribution in [0, 0.1) is 0 Å². The molecule has 0 amide bonds. The van der Waals surface area contributed by atoms with Gasteiger partial charge in [0.05, 0.1) is 26.9 Å². The van der Waals surface area contributed by atoms with Crippen LogP contribution in [0.3, 0.4) is 0 Å². The van der Waals surface area contributed by atoms with Crippen molar-refractivity contribution in [3.63, 3.8) is 0 Å². The maximum atomic E-state index is 5.05. The molecule has 0 radical (unpaired) electrons. The van der Waals surface area contributed by atoms with Gasteiger partial charge < -0.3 is 0 Å². The first kappa shape index (κ1) is 31.8. The Bertz CT molecular complexity index is 3990. The molecule has 3 nitrogen and oxygen atoms in total. The van der Waals surface area contributed by atoms with Crippen molar-refractivity contribution in [2.24, 2.45) is 0 Å². The largest absolute Gasteiger partial charge is 0.283 e. The number of imidazole rings is 1. The van der Waals surface area contributed by atoms with E-state index in [4.69, 9.17) is 9.97 Å². The topological polar surface area (TPSA) is 30.2 Å². The fraction of sp³-hybridized carbons (Fsp3) is 0. The van der Waals surface area contributed by atoms with E-state index in [0.717, 1.165) is 37.5 Å². The van der Waals surface area contributed by atoms with Crippen molar-refractivity contribution in [3.05, 3.63) is 188 Å². The van der Waals surface area contributed by atoms with E-state index in [2.05, 4.69) is 186 Å². The highest BCUT2D eigenvalue weighted by atomic mass is 32.1. The number of aromatic nitrogens is 3. The first-order valence-corrected chi connectivity index (χ1v) is 20.6. The molecule has 268 valence electrons. The summed E-state index contributed by atoms with van der Waals surface area (Å²) >= 11 is 1.71. The van der Waals surface area contributed by atoms with Crippen molar-refractivity contribution >= 4 is 124 Å². The van der Waals surface area contributed by atoms with Crippen LogP contribution in [-0.2, 0) is 0 Å². The normalized spacial score (nSPS) is 12.1. The average Bonchev–Trinajstić information content (AvgIpc) is 3.84. The Morgan fingerprint density at radius 1 is 0.345 bits per heavy atom. The lowest BCUT2D eigenvalue weighted by molar-refractivity contribution is 1.31. The first-order chi connectivity index (χ1) is 28.8. The lowest BCUT2D eigenvalue weighted by Gasteiger charge is -2.14. The van der Waals surface area contributed by atoms with Gasteiger partial charge in [-0.25, -0.2) is 4.98 Å². The number of hydrogen-bond donors (Lipinski definition) is 0. The molecule has 4 heteroatoms. The number of rotatable bonds is 1. The van der Waals surface area contributed by atoms with Crippen LogP contribution in [0.15, 0.2) is 188 Å². The van der Waals surface area contributed by atoms with Crippen molar-refractivity contribution in [2.75, 3.05) is 0 Å². The standard InChI is InChI=1S/C54H31N3S/c1-2-14-34-33(13-1)35-15-3-6-18-38(35)45-30-47-40-20-8-5-17-37(40)43-26-25-32(52-53-51(27-28-55-52)57-50-24-12-11-23-49(50)56-54(57)58-53)29-44(43)41-21-9-10-22-42(41)48(47)31-46(45)39-19-7-4-16-36(34)39/h1-31H. The van der Waals surface area contributed by atoms with Gasteiger partial charge in [0.2, 0.25) is 0 Å². The Hall–Kier alpha value is -7.40. The molecular weight excluding hydrogens is 723 g/mol. The molecule has 0 spiro atoms. The molecule has 0 aliphatic heterocycles. The lowest BCUT2D eigenvalue weighted by Crippen LogP contribution is -1.88. The third-order valence-electron chi connectivity index (χ3n) is 12.3. The Labute approximate surface area is 336 Å². The number of thiazole rings is 1. The highest BCUT2D eigenvalue weighted by Gasteiger charge is 2.18. The van der Waals surface area contributed by atoms with Crippen LogP contribution in [-0.4, -0.2) is 14.4 Å². The number of pyridine rings is 1. The zero-order valence-corrected chi connectivity index (χ0v) is 32.0. The van der Waals surface area contributed by atoms with E-state index in [1.54, 1.807) is 11.3 Å².